The normalized spacial score (nSPS) is 10.2. The topological polar surface area (TPSA) is 67.4 Å². The summed E-state index contributed by atoms with van der Waals surface area (Å²) in [6.07, 6.45) is 0. The van der Waals surface area contributed by atoms with Gasteiger partial charge in [-0.15, -0.1) is 0 Å². The highest BCUT2D eigenvalue weighted by Crippen LogP contribution is 2.33. The van der Waals surface area contributed by atoms with Gasteiger partial charge in [-0.2, -0.15) is 0 Å². The predicted molar refractivity (Wildman–Crippen MR) is 103 cm³/mol. The Morgan fingerprint density at radius 2 is 1.68 bits per heavy atom. The molecular formula is C16H12BrCl3N2O3. The Kier molecular flexibility index (Phi) is 7.38. The molecule has 0 fully saturated rings. The van der Waals surface area contributed by atoms with Crippen molar-refractivity contribution >= 4 is 68.2 Å². The van der Waals surface area contributed by atoms with Gasteiger partial charge in [-0.1, -0.05) is 46.9 Å². The molecule has 0 atom stereocenters. The van der Waals surface area contributed by atoms with E-state index < -0.39 is 5.91 Å². The van der Waals surface area contributed by atoms with Crippen molar-refractivity contribution in [2.75, 3.05) is 18.5 Å². The Labute approximate surface area is 167 Å². The lowest BCUT2D eigenvalue weighted by molar-refractivity contribution is -0.125. The van der Waals surface area contributed by atoms with Gasteiger partial charge in [-0.3, -0.25) is 9.59 Å². The first-order valence-corrected chi connectivity index (χ1v) is 8.88. The largest absolute Gasteiger partial charge is 0.482 e. The van der Waals surface area contributed by atoms with Crippen LogP contribution in [0, 0.1) is 0 Å². The van der Waals surface area contributed by atoms with Gasteiger partial charge in [0.2, 0.25) is 5.91 Å². The molecule has 25 heavy (non-hydrogen) atoms. The lowest BCUT2D eigenvalue weighted by atomic mass is 10.3. The van der Waals surface area contributed by atoms with Crippen LogP contribution < -0.4 is 15.4 Å². The highest BCUT2D eigenvalue weighted by molar-refractivity contribution is 9.10. The van der Waals surface area contributed by atoms with Gasteiger partial charge in [-0.05, 0) is 34.1 Å². The first-order chi connectivity index (χ1) is 11.9. The van der Waals surface area contributed by atoms with Crippen molar-refractivity contribution in [1.82, 2.24) is 5.32 Å². The van der Waals surface area contributed by atoms with Crippen molar-refractivity contribution in [3.05, 3.63) is 55.9 Å². The first kappa shape index (κ1) is 19.8. The number of hydrogen-bond donors (Lipinski definition) is 2. The fraction of sp³-hybridized carbons (Fsp3) is 0.125. The lowest BCUT2D eigenvalue weighted by Crippen LogP contribution is -2.35. The van der Waals surface area contributed by atoms with Gasteiger partial charge < -0.3 is 15.4 Å². The summed E-state index contributed by atoms with van der Waals surface area (Å²) < 4.78 is 6.02. The number of anilines is 1. The van der Waals surface area contributed by atoms with Crippen LogP contribution in [0.5, 0.6) is 5.75 Å². The average Bonchev–Trinajstić information content (AvgIpc) is 2.57. The molecule has 0 aromatic heterocycles. The van der Waals surface area contributed by atoms with Gasteiger partial charge >= 0.3 is 0 Å². The van der Waals surface area contributed by atoms with Crippen molar-refractivity contribution in [3.8, 4) is 5.75 Å². The number of ether oxygens (including phenoxy) is 1. The van der Waals surface area contributed by atoms with Crippen molar-refractivity contribution in [2.45, 2.75) is 0 Å². The maximum absolute atomic E-state index is 11.8. The van der Waals surface area contributed by atoms with Crippen LogP contribution in [0.4, 0.5) is 5.69 Å². The molecule has 0 saturated carbocycles. The van der Waals surface area contributed by atoms with Crippen LogP contribution in [0.2, 0.25) is 15.1 Å². The van der Waals surface area contributed by atoms with Gasteiger partial charge in [0.05, 0.1) is 27.3 Å². The minimum Gasteiger partial charge on any atom is -0.482 e. The second-order valence-electron chi connectivity index (χ2n) is 4.79. The van der Waals surface area contributed by atoms with E-state index in [4.69, 9.17) is 39.5 Å². The highest BCUT2D eigenvalue weighted by atomic mass is 79.9. The van der Waals surface area contributed by atoms with Gasteiger partial charge in [0.1, 0.15) is 5.75 Å². The molecular weight excluding hydrogens is 454 g/mol. The number of carbonyl (C=O) groups is 2. The van der Waals surface area contributed by atoms with Crippen LogP contribution in [0.15, 0.2) is 40.9 Å². The molecule has 5 nitrogen and oxygen atoms in total. The number of carbonyl (C=O) groups excluding carboxylic acids is 2. The van der Waals surface area contributed by atoms with Gasteiger partial charge in [0, 0.05) is 10.5 Å². The monoisotopic (exact) mass is 464 g/mol. The number of amides is 2. The molecule has 0 unspecified atom stereocenters. The Bertz CT molecular complexity index is 802. The molecule has 0 spiro atoms. The second-order valence-corrected chi connectivity index (χ2v) is 6.87. The van der Waals surface area contributed by atoms with Crippen molar-refractivity contribution < 1.29 is 14.3 Å². The SMILES string of the molecule is O=C(COc1cc(Cl)c(Cl)cc1Cl)NCC(=O)Nc1ccccc1Br. The van der Waals surface area contributed by atoms with E-state index in [0.717, 1.165) is 4.47 Å². The smallest absolute Gasteiger partial charge is 0.258 e. The van der Waals surface area contributed by atoms with E-state index in [1.807, 2.05) is 6.07 Å². The number of hydrogen-bond acceptors (Lipinski definition) is 3. The molecule has 0 heterocycles. The molecule has 2 N–H and O–H groups in total. The summed E-state index contributed by atoms with van der Waals surface area (Å²) in [5, 5.41) is 5.89. The summed E-state index contributed by atoms with van der Waals surface area (Å²) in [7, 11) is 0. The van der Waals surface area contributed by atoms with Crippen molar-refractivity contribution in [1.29, 1.82) is 0 Å². The zero-order valence-electron chi connectivity index (χ0n) is 12.6. The number of halogens is 4. The Hall–Kier alpha value is -1.47. The van der Waals surface area contributed by atoms with Gasteiger partial charge in [0.15, 0.2) is 6.61 Å². The zero-order valence-corrected chi connectivity index (χ0v) is 16.5. The molecule has 0 aliphatic heterocycles. The first-order valence-electron chi connectivity index (χ1n) is 6.95. The molecule has 0 aliphatic carbocycles. The maximum atomic E-state index is 11.8. The van der Waals surface area contributed by atoms with Crippen LogP contribution in [0.3, 0.4) is 0 Å². The standard InChI is InChI=1S/C16H12BrCl3N2O3/c17-9-3-1-2-4-13(9)22-15(23)7-21-16(24)8-25-14-6-11(19)10(18)5-12(14)20/h1-6H,7-8H2,(H,21,24)(H,22,23). The summed E-state index contributed by atoms with van der Waals surface area (Å²) in [6, 6.07) is 9.98. The quantitative estimate of drug-likeness (QED) is 0.614. The third-order valence-electron chi connectivity index (χ3n) is 2.93. The van der Waals surface area contributed by atoms with E-state index in [-0.39, 0.29) is 39.9 Å². The van der Waals surface area contributed by atoms with E-state index in [2.05, 4.69) is 26.6 Å². The minimum atomic E-state index is -0.482. The molecule has 2 aromatic carbocycles. The number of para-hydroxylation sites is 1. The van der Waals surface area contributed by atoms with Crippen LogP contribution in [-0.4, -0.2) is 25.0 Å². The Morgan fingerprint density at radius 1 is 1.00 bits per heavy atom. The second kappa shape index (κ2) is 9.29. The maximum Gasteiger partial charge on any atom is 0.258 e. The molecule has 2 aromatic rings. The molecule has 0 saturated heterocycles. The van der Waals surface area contributed by atoms with E-state index in [1.54, 1.807) is 18.2 Å². The minimum absolute atomic E-state index is 0.196. The van der Waals surface area contributed by atoms with Gasteiger partial charge in [-0.25, -0.2) is 0 Å². The highest BCUT2D eigenvalue weighted by Gasteiger charge is 2.11. The van der Waals surface area contributed by atoms with E-state index in [1.165, 1.54) is 12.1 Å². The fourth-order valence-electron chi connectivity index (χ4n) is 1.75. The summed E-state index contributed by atoms with van der Waals surface area (Å²) in [5.74, 6) is -0.624. The summed E-state index contributed by atoms with van der Waals surface area (Å²) >= 11 is 20.9. The lowest BCUT2D eigenvalue weighted by Gasteiger charge is -2.10. The Morgan fingerprint density at radius 3 is 2.40 bits per heavy atom. The molecule has 9 heteroatoms. The number of rotatable bonds is 6. The van der Waals surface area contributed by atoms with Crippen molar-refractivity contribution in [3.63, 3.8) is 0 Å². The van der Waals surface area contributed by atoms with Crippen molar-refractivity contribution in [2.24, 2.45) is 0 Å². The third-order valence-corrected chi connectivity index (χ3v) is 4.64. The molecule has 132 valence electrons. The molecule has 2 rings (SSSR count). The molecule has 0 radical (unpaired) electrons. The fourth-order valence-corrected chi connectivity index (χ4v) is 2.72. The summed E-state index contributed by atoms with van der Waals surface area (Å²) in [5.41, 5.74) is 0.612. The predicted octanol–water partition coefficient (Wildman–Crippen LogP) is 4.54. The number of nitrogens with one attached hydrogen (secondary N) is 2. The summed E-state index contributed by atoms with van der Waals surface area (Å²) in [6.45, 7) is -0.515. The summed E-state index contributed by atoms with van der Waals surface area (Å²) in [4.78, 5) is 23.6. The van der Waals surface area contributed by atoms with E-state index >= 15 is 0 Å². The molecule has 0 bridgehead atoms. The van der Waals surface area contributed by atoms with Crippen LogP contribution in [0.25, 0.3) is 0 Å². The van der Waals surface area contributed by atoms with Gasteiger partial charge in [0.25, 0.3) is 5.91 Å². The van der Waals surface area contributed by atoms with Crippen LogP contribution in [-0.2, 0) is 9.59 Å². The van der Waals surface area contributed by atoms with E-state index in [0.29, 0.717) is 5.69 Å². The van der Waals surface area contributed by atoms with Crippen LogP contribution >= 0.6 is 50.7 Å². The Balaban J connectivity index is 1.80. The van der Waals surface area contributed by atoms with E-state index in [9.17, 15) is 9.59 Å². The molecule has 2 amide bonds. The molecule has 0 aliphatic rings. The zero-order chi connectivity index (χ0) is 18.4. The third kappa shape index (κ3) is 6.08. The average molecular weight is 467 g/mol. The number of benzene rings is 2. The van der Waals surface area contributed by atoms with Crippen LogP contribution in [0.1, 0.15) is 0 Å².